The molecule has 0 fully saturated rings. The number of unbranched alkanes of at least 4 members (excludes halogenated alkanes) is 1. The lowest BCUT2D eigenvalue weighted by Crippen LogP contribution is -2.25. The Morgan fingerprint density at radius 2 is 1.77 bits per heavy atom. The Hall–Kier alpha value is -4.02. The van der Waals surface area contributed by atoms with E-state index >= 15 is 0 Å². The molecule has 2 amide bonds. The average molecular weight is 664 g/mol. The van der Waals surface area contributed by atoms with Crippen LogP contribution < -0.4 is 15.4 Å². The Balaban J connectivity index is 1.35. The first-order valence-corrected chi connectivity index (χ1v) is 15.3. The number of nitrogens with zero attached hydrogens (tertiary/aromatic N) is 4. The van der Waals surface area contributed by atoms with Crippen LogP contribution in [0.3, 0.4) is 0 Å². The van der Waals surface area contributed by atoms with Crippen LogP contribution in [0.1, 0.15) is 61.4 Å². The first-order chi connectivity index (χ1) is 20.8. The molecule has 0 spiro atoms. The SMILES string of the molecule is CCNC(=O)C[C@@H]1N=C(c2ccc(Cl)cc2)c2cc(OCCCCC(=O)Nc3ccc(Br)cc3)ccc2-n2c(C)nnc21. The summed E-state index contributed by atoms with van der Waals surface area (Å²) in [7, 11) is 0. The molecule has 0 saturated carbocycles. The van der Waals surface area contributed by atoms with Crippen molar-refractivity contribution in [3.05, 3.63) is 99.0 Å². The van der Waals surface area contributed by atoms with Crippen LogP contribution in [0, 0.1) is 6.92 Å². The number of carbonyl (C=O) groups excluding carboxylic acids is 2. The second kappa shape index (κ2) is 14.0. The van der Waals surface area contributed by atoms with Crippen molar-refractivity contribution in [2.45, 2.75) is 45.6 Å². The van der Waals surface area contributed by atoms with Gasteiger partial charge in [-0.2, -0.15) is 0 Å². The van der Waals surface area contributed by atoms with Crippen molar-refractivity contribution in [2.75, 3.05) is 18.5 Å². The van der Waals surface area contributed by atoms with Crippen molar-refractivity contribution < 1.29 is 14.3 Å². The fourth-order valence-electron chi connectivity index (χ4n) is 4.92. The van der Waals surface area contributed by atoms with Crippen LogP contribution in [-0.2, 0) is 9.59 Å². The molecule has 0 aliphatic carbocycles. The van der Waals surface area contributed by atoms with E-state index in [0.29, 0.717) is 60.5 Å². The maximum absolute atomic E-state index is 12.7. The van der Waals surface area contributed by atoms with E-state index in [9.17, 15) is 9.59 Å². The van der Waals surface area contributed by atoms with Crippen molar-refractivity contribution in [1.82, 2.24) is 20.1 Å². The number of hydrogen-bond acceptors (Lipinski definition) is 6. The Kier molecular flexibility index (Phi) is 9.89. The van der Waals surface area contributed by atoms with Gasteiger partial charge in [-0.05, 0) is 81.3 Å². The van der Waals surface area contributed by atoms with E-state index in [4.69, 9.17) is 21.3 Å². The number of anilines is 1. The quantitative estimate of drug-likeness (QED) is 0.176. The minimum atomic E-state index is -0.543. The summed E-state index contributed by atoms with van der Waals surface area (Å²) in [5.41, 5.74) is 4.02. The number of carbonyl (C=O) groups is 2. The Bertz CT molecular complexity index is 1640. The Morgan fingerprint density at radius 1 is 1.00 bits per heavy atom. The van der Waals surface area contributed by atoms with Crippen LogP contribution in [0.5, 0.6) is 5.75 Å². The molecule has 222 valence electrons. The maximum atomic E-state index is 12.7. The van der Waals surface area contributed by atoms with Gasteiger partial charge in [-0.15, -0.1) is 10.2 Å². The number of halogens is 2. The van der Waals surface area contributed by atoms with Crippen LogP contribution in [0.25, 0.3) is 5.69 Å². The predicted molar refractivity (Wildman–Crippen MR) is 171 cm³/mol. The molecule has 43 heavy (non-hydrogen) atoms. The summed E-state index contributed by atoms with van der Waals surface area (Å²) in [6.45, 7) is 4.75. The number of hydrogen-bond donors (Lipinski definition) is 2. The summed E-state index contributed by atoms with van der Waals surface area (Å²) in [6, 6.07) is 20.3. The summed E-state index contributed by atoms with van der Waals surface area (Å²) in [4.78, 5) is 30.1. The van der Waals surface area contributed by atoms with E-state index in [0.717, 1.165) is 27.0 Å². The normalized spacial score (nSPS) is 13.8. The molecule has 3 aromatic carbocycles. The van der Waals surface area contributed by atoms with Gasteiger partial charge in [0, 0.05) is 39.3 Å². The average Bonchev–Trinajstić information content (AvgIpc) is 3.31. The lowest BCUT2D eigenvalue weighted by atomic mass is 10.00. The number of aromatic nitrogens is 3. The summed E-state index contributed by atoms with van der Waals surface area (Å²) in [6.07, 6.45) is 1.94. The lowest BCUT2D eigenvalue weighted by molar-refractivity contribution is -0.121. The molecule has 9 nitrogen and oxygen atoms in total. The third kappa shape index (κ3) is 7.50. The number of fused-ring (bicyclic) bond motifs is 3. The van der Waals surface area contributed by atoms with Crippen LogP contribution in [0.2, 0.25) is 5.02 Å². The molecule has 1 atom stereocenters. The van der Waals surface area contributed by atoms with Gasteiger partial charge in [-0.25, -0.2) is 0 Å². The molecule has 1 aliphatic rings. The lowest BCUT2D eigenvalue weighted by Gasteiger charge is -2.15. The highest BCUT2D eigenvalue weighted by molar-refractivity contribution is 9.10. The molecular weight excluding hydrogens is 632 g/mol. The van der Waals surface area contributed by atoms with Crippen LogP contribution in [-0.4, -0.2) is 45.4 Å². The summed E-state index contributed by atoms with van der Waals surface area (Å²) in [5.74, 6) is 1.83. The topological polar surface area (TPSA) is 110 Å². The van der Waals surface area contributed by atoms with E-state index in [1.807, 2.05) is 85.1 Å². The van der Waals surface area contributed by atoms with Crippen LogP contribution >= 0.6 is 27.5 Å². The minimum absolute atomic E-state index is 0.0292. The molecule has 0 radical (unpaired) electrons. The highest BCUT2D eigenvalue weighted by atomic mass is 79.9. The number of aliphatic imine (C=N–C) groups is 1. The van der Waals surface area contributed by atoms with Gasteiger partial charge in [0.2, 0.25) is 11.8 Å². The summed E-state index contributed by atoms with van der Waals surface area (Å²) in [5, 5.41) is 15.1. The van der Waals surface area contributed by atoms with Crippen molar-refractivity contribution in [1.29, 1.82) is 0 Å². The molecule has 2 heterocycles. The zero-order valence-electron chi connectivity index (χ0n) is 23.9. The molecule has 2 N–H and O–H groups in total. The number of amides is 2. The first kappa shape index (κ1) is 30.4. The molecule has 0 saturated heterocycles. The third-order valence-electron chi connectivity index (χ3n) is 6.96. The fourth-order valence-corrected chi connectivity index (χ4v) is 5.31. The summed E-state index contributed by atoms with van der Waals surface area (Å²) < 4.78 is 9.05. The van der Waals surface area contributed by atoms with E-state index in [2.05, 4.69) is 36.8 Å². The van der Waals surface area contributed by atoms with Crippen LogP contribution in [0.15, 0.2) is 76.2 Å². The van der Waals surface area contributed by atoms with Gasteiger partial charge in [-0.1, -0.05) is 39.7 Å². The Morgan fingerprint density at radius 3 is 2.51 bits per heavy atom. The van der Waals surface area contributed by atoms with E-state index in [1.165, 1.54) is 0 Å². The zero-order valence-corrected chi connectivity index (χ0v) is 26.3. The molecule has 4 aromatic rings. The highest BCUT2D eigenvalue weighted by Gasteiger charge is 2.30. The molecule has 1 aliphatic heterocycles. The predicted octanol–water partition coefficient (Wildman–Crippen LogP) is 6.60. The van der Waals surface area contributed by atoms with Crippen LogP contribution in [0.4, 0.5) is 5.69 Å². The molecule has 0 bridgehead atoms. The summed E-state index contributed by atoms with van der Waals surface area (Å²) >= 11 is 9.60. The number of nitrogens with one attached hydrogen (secondary N) is 2. The molecule has 5 rings (SSSR count). The number of ether oxygens (including phenoxy) is 1. The second-order valence-electron chi connectivity index (χ2n) is 10.1. The number of rotatable bonds is 11. The van der Waals surface area contributed by atoms with E-state index < -0.39 is 6.04 Å². The van der Waals surface area contributed by atoms with Gasteiger partial charge in [0.15, 0.2) is 5.82 Å². The Labute approximate surface area is 263 Å². The van der Waals surface area contributed by atoms with E-state index in [1.54, 1.807) is 0 Å². The standard InChI is InChI=1S/C32H32BrClN6O3/c1-3-35-30(42)19-27-32-39-38-20(2)40(32)28-16-15-25(18-26(28)31(37-27)21-7-11-23(34)12-8-21)43-17-5-4-6-29(41)36-24-13-9-22(33)10-14-24/h7-16,18,27H,3-6,17,19H2,1-2H3,(H,35,42)(H,36,41)/t27-/m0/s1. The van der Waals surface area contributed by atoms with Gasteiger partial charge in [0.25, 0.3) is 0 Å². The van der Waals surface area contributed by atoms with Gasteiger partial charge < -0.3 is 15.4 Å². The monoisotopic (exact) mass is 662 g/mol. The van der Waals surface area contributed by atoms with Crippen molar-refractivity contribution >= 4 is 50.7 Å². The van der Waals surface area contributed by atoms with Crippen molar-refractivity contribution in [3.8, 4) is 11.4 Å². The van der Waals surface area contributed by atoms with Crippen molar-refractivity contribution in [3.63, 3.8) is 0 Å². The number of aryl methyl sites for hydroxylation is 1. The fraction of sp³-hybridized carbons (Fsp3) is 0.281. The third-order valence-corrected chi connectivity index (χ3v) is 7.74. The van der Waals surface area contributed by atoms with Gasteiger partial charge in [0.1, 0.15) is 17.6 Å². The van der Waals surface area contributed by atoms with Gasteiger partial charge in [-0.3, -0.25) is 19.1 Å². The van der Waals surface area contributed by atoms with Gasteiger partial charge >= 0.3 is 0 Å². The van der Waals surface area contributed by atoms with E-state index in [-0.39, 0.29) is 18.2 Å². The maximum Gasteiger partial charge on any atom is 0.224 e. The highest BCUT2D eigenvalue weighted by Crippen LogP contribution is 2.34. The first-order valence-electron chi connectivity index (χ1n) is 14.2. The largest absolute Gasteiger partial charge is 0.494 e. The second-order valence-corrected chi connectivity index (χ2v) is 11.5. The van der Waals surface area contributed by atoms with Crippen molar-refractivity contribution in [2.24, 2.45) is 4.99 Å². The van der Waals surface area contributed by atoms with Gasteiger partial charge in [0.05, 0.1) is 24.4 Å². The minimum Gasteiger partial charge on any atom is -0.494 e. The molecule has 11 heteroatoms. The smallest absolute Gasteiger partial charge is 0.224 e. The molecule has 1 aromatic heterocycles. The zero-order chi connectivity index (χ0) is 30.3. The molecule has 0 unspecified atom stereocenters. The molecular formula is C32H32BrClN6O3. The number of benzene rings is 3.